The van der Waals surface area contributed by atoms with E-state index in [0.717, 1.165) is 42.7 Å². The van der Waals surface area contributed by atoms with Crippen LogP contribution in [0.3, 0.4) is 0 Å². The molecule has 0 bridgehead atoms. The van der Waals surface area contributed by atoms with E-state index in [0.29, 0.717) is 0 Å². The van der Waals surface area contributed by atoms with Crippen molar-refractivity contribution in [1.82, 2.24) is 15.5 Å². The SMILES string of the molecule is C=C(N/C(=C(\C)c1ccccc1)c1ccccc1)C1=CCCC=C1.CC.CC.CC.CC1(C)CC1.CCCCCCCCCN(C)CCNCCC. The minimum Gasteiger partial charge on any atom is -0.355 e. The molecule has 0 aromatic heterocycles. The van der Waals surface area contributed by atoms with E-state index in [1.54, 1.807) is 0 Å². The maximum Gasteiger partial charge on any atom is 0.0493 e. The molecule has 2 N–H and O–H groups in total. The summed E-state index contributed by atoms with van der Waals surface area (Å²) in [7, 11) is 2.24. The minimum atomic E-state index is 0.750. The second-order valence-corrected chi connectivity index (χ2v) is 13.8. The molecule has 1 fully saturated rings. The number of nitrogens with zero attached hydrogens (tertiary/aromatic N) is 1. The van der Waals surface area contributed by atoms with Gasteiger partial charge in [-0.2, -0.15) is 0 Å². The summed E-state index contributed by atoms with van der Waals surface area (Å²) in [6, 6.07) is 20.9. The smallest absolute Gasteiger partial charge is 0.0493 e. The lowest BCUT2D eigenvalue weighted by molar-refractivity contribution is 0.321. The third kappa shape index (κ3) is 26.8. The highest BCUT2D eigenvalue weighted by atomic mass is 15.1. The highest BCUT2D eigenvalue weighted by Crippen LogP contribution is 2.43. The maximum atomic E-state index is 4.25. The van der Waals surface area contributed by atoms with Gasteiger partial charge in [-0.15, -0.1) is 0 Å². The van der Waals surface area contributed by atoms with Crippen LogP contribution in [-0.4, -0.2) is 38.1 Å². The van der Waals surface area contributed by atoms with Gasteiger partial charge in [-0.3, -0.25) is 0 Å². The Labute approximate surface area is 325 Å². The summed E-state index contributed by atoms with van der Waals surface area (Å²) in [5.41, 5.74) is 7.57. The lowest BCUT2D eigenvalue weighted by Crippen LogP contribution is -2.30. The van der Waals surface area contributed by atoms with Crippen molar-refractivity contribution in [2.24, 2.45) is 5.41 Å². The van der Waals surface area contributed by atoms with E-state index in [1.165, 1.54) is 99.6 Å². The molecule has 52 heavy (non-hydrogen) atoms. The molecule has 0 atom stereocenters. The van der Waals surface area contributed by atoms with Crippen LogP contribution in [0.25, 0.3) is 11.3 Å². The first kappa shape index (κ1) is 51.2. The number of nitrogens with one attached hydrogen (secondary N) is 2. The van der Waals surface area contributed by atoms with E-state index in [9.17, 15) is 0 Å². The van der Waals surface area contributed by atoms with Gasteiger partial charge >= 0.3 is 0 Å². The Bertz CT molecular complexity index is 1170. The number of allylic oxidation sites excluding steroid dienone is 4. The predicted molar refractivity (Wildman–Crippen MR) is 240 cm³/mol. The average Bonchev–Trinajstić information content (AvgIpc) is 3.92. The molecule has 0 heterocycles. The van der Waals surface area contributed by atoms with Crippen molar-refractivity contribution in [2.45, 2.75) is 153 Å². The molecule has 2 aliphatic rings. The van der Waals surface area contributed by atoms with Crippen molar-refractivity contribution in [3.8, 4) is 0 Å². The van der Waals surface area contributed by atoms with E-state index in [2.05, 4.69) is 131 Å². The molecule has 3 heteroatoms. The Morgan fingerprint density at radius 1 is 0.692 bits per heavy atom. The van der Waals surface area contributed by atoms with Crippen LogP contribution in [0.15, 0.2) is 96.7 Å². The predicted octanol–water partition coefficient (Wildman–Crippen LogP) is 14.5. The highest BCUT2D eigenvalue weighted by Gasteiger charge is 2.30. The van der Waals surface area contributed by atoms with Gasteiger partial charge in [-0.05, 0) is 93.3 Å². The van der Waals surface area contributed by atoms with Gasteiger partial charge in [0.05, 0.1) is 0 Å². The van der Waals surface area contributed by atoms with Crippen LogP contribution < -0.4 is 10.6 Å². The van der Waals surface area contributed by atoms with Crippen LogP contribution in [0.1, 0.15) is 164 Å². The second-order valence-electron chi connectivity index (χ2n) is 13.8. The van der Waals surface area contributed by atoms with Gasteiger partial charge in [-0.25, -0.2) is 0 Å². The summed E-state index contributed by atoms with van der Waals surface area (Å²) >= 11 is 0. The Balaban J connectivity index is 0. The maximum absolute atomic E-state index is 4.25. The fourth-order valence-electron chi connectivity index (χ4n) is 5.15. The van der Waals surface area contributed by atoms with Crippen molar-refractivity contribution in [3.05, 3.63) is 108 Å². The van der Waals surface area contributed by atoms with Gasteiger partial charge in [0.25, 0.3) is 0 Å². The first-order valence-electron chi connectivity index (χ1n) is 21.3. The molecule has 2 aromatic carbocycles. The highest BCUT2D eigenvalue weighted by molar-refractivity contribution is 5.89. The molecule has 0 saturated heterocycles. The van der Waals surface area contributed by atoms with Crippen LogP contribution in [0.5, 0.6) is 0 Å². The monoisotopic (exact) mass is 716 g/mol. The van der Waals surface area contributed by atoms with Crippen molar-refractivity contribution >= 4 is 11.3 Å². The number of unbranched alkanes of at least 4 members (excludes halogenated alkanes) is 6. The molecule has 2 aromatic rings. The van der Waals surface area contributed by atoms with Gasteiger partial charge in [-0.1, -0.05) is 193 Å². The molecule has 3 nitrogen and oxygen atoms in total. The van der Waals surface area contributed by atoms with E-state index in [-0.39, 0.29) is 0 Å². The minimum absolute atomic E-state index is 0.750. The van der Waals surface area contributed by atoms with E-state index >= 15 is 0 Å². The zero-order chi connectivity index (χ0) is 39.5. The molecule has 0 amide bonds. The van der Waals surface area contributed by atoms with Crippen molar-refractivity contribution in [1.29, 1.82) is 0 Å². The molecule has 0 unspecified atom stereocenters. The second kappa shape index (κ2) is 35.2. The first-order chi connectivity index (χ1) is 25.3. The Morgan fingerprint density at radius 3 is 1.69 bits per heavy atom. The normalized spacial score (nSPS) is 13.7. The topological polar surface area (TPSA) is 27.3 Å². The summed E-state index contributed by atoms with van der Waals surface area (Å²) < 4.78 is 0. The van der Waals surface area contributed by atoms with Crippen molar-refractivity contribution in [2.75, 3.05) is 33.2 Å². The third-order valence-electron chi connectivity index (χ3n) is 8.75. The molecule has 2 aliphatic carbocycles. The van der Waals surface area contributed by atoms with Crippen LogP contribution in [0.2, 0.25) is 0 Å². The standard InChI is InChI=1S/C23H23N.C15H34N2.C5H10.3C2H6/c1-18(20-12-6-3-7-13-20)23(22-16-10-5-11-17-22)24-19(2)21-14-8-4-9-15-21;1-4-6-7-8-9-10-11-14-17(3)15-13-16-12-5-2;1-5(2)3-4-5;3*1-2/h3,5-8,10-17,24H,2,4,9H2,1H3;16H,4-15H2,1-3H3;3-4H2,1-2H3;3*1-2H3/b23-18+;;;;;. The fourth-order valence-corrected chi connectivity index (χ4v) is 5.15. The van der Waals surface area contributed by atoms with Gasteiger partial charge in [0.15, 0.2) is 0 Å². The van der Waals surface area contributed by atoms with Crippen LogP contribution in [0.4, 0.5) is 0 Å². The summed E-state index contributed by atoms with van der Waals surface area (Å²) in [5.74, 6) is 0. The third-order valence-corrected chi connectivity index (χ3v) is 8.75. The fraction of sp³-hybridized carbons (Fsp3) is 0.592. The number of rotatable bonds is 18. The lowest BCUT2D eigenvalue weighted by atomic mass is 9.99. The zero-order valence-corrected chi connectivity index (χ0v) is 36.5. The van der Waals surface area contributed by atoms with Crippen molar-refractivity contribution in [3.63, 3.8) is 0 Å². The van der Waals surface area contributed by atoms with Crippen molar-refractivity contribution < 1.29 is 0 Å². The molecule has 0 radical (unpaired) electrons. The van der Waals surface area contributed by atoms with E-state index < -0.39 is 0 Å². The summed E-state index contributed by atoms with van der Waals surface area (Å²) in [5, 5.41) is 7.02. The molecule has 0 aliphatic heterocycles. The average molecular weight is 716 g/mol. The number of likely N-dealkylation sites (N-methyl/N-ethyl adjacent to an activating group) is 1. The van der Waals surface area contributed by atoms with Crippen LogP contribution >= 0.6 is 0 Å². The summed E-state index contributed by atoms with van der Waals surface area (Å²) in [6.45, 7) is 32.3. The molecule has 0 spiro atoms. The number of benzene rings is 2. The molecule has 4 rings (SSSR count). The zero-order valence-electron chi connectivity index (χ0n) is 36.5. The lowest BCUT2D eigenvalue weighted by Gasteiger charge is -2.19. The number of hydrogen-bond donors (Lipinski definition) is 2. The van der Waals surface area contributed by atoms with Gasteiger partial charge in [0.2, 0.25) is 0 Å². The van der Waals surface area contributed by atoms with Crippen LogP contribution in [0, 0.1) is 5.41 Å². The molecule has 1 saturated carbocycles. The first-order valence-corrected chi connectivity index (χ1v) is 21.3. The Kier molecular flexibility index (Phi) is 34.6. The van der Waals surface area contributed by atoms with Crippen LogP contribution in [-0.2, 0) is 0 Å². The summed E-state index contributed by atoms with van der Waals surface area (Å²) in [6.07, 6.45) is 22.8. The molecular formula is C49H85N3. The molecule has 296 valence electrons. The largest absolute Gasteiger partial charge is 0.355 e. The van der Waals surface area contributed by atoms with E-state index in [1.807, 2.05) is 53.7 Å². The Hall–Kier alpha value is -2.88. The number of hydrogen-bond acceptors (Lipinski definition) is 3. The van der Waals surface area contributed by atoms with Gasteiger partial charge in [0, 0.05) is 24.5 Å². The quantitative estimate of drug-likeness (QED) is 0.119. The molecular weight excluding hydrogens is 631 g/mol. The Morgan fingerprint density at radius 2 is 1.21 bits per heavy atom. The van der Waals surface area contributed by atoms with Gasteiger partial charge in [0.1, 0.15) is 0 Å². The summed E-state index contributed by atoms with van der Waals surface area (Å²) in [4.78, 5) is 2.45. The van der Waals surface area contributed by atoms with E-state index in [4.69, 9.17) is 0 Å². The van der Waals surface area contributed by atoms with Gasteiger partial charge < -0.3 is 15.5 Å².